The molecule has 0 radical (unpaired) electrons. The summed E-state index contributed by atoms with van der Waals surface area (Å²) in [5, 5.41) is 7.32. The Morgan fingerprint density at radius 1 is 1.03 bits per heavy atom. The topological polar surface area (TPSA) is 103 Å². The molecule has 8 nitrogen and oxygen atoms in total. The normalized spacial score (nSPS) is 10.8. The zero-order valence-electron chi connectivity index (χ0n) is 17.3. The van der Waals surface area contributed by atoms with E-state index in [1.165, 1.54) is 12.1 Å². The second kappa shape index (κ2) is 8.46. The summed E-state index contributed by atoms with van der Waals surface area (Å²) >= 11 is 0. The Morgan fingerprint density at radius 3 is 2.48 bits per heavy atom. The summed E-state index contributed by atoms with van der Waals surface area (Å²) in [5.74, 6) is -0.198. The monoisotopic (exact) mass is 441 g/mol. The first-order valence-electron chi connectivity index (χ1n) is 9.96. The van der Waals surface area contributed by atoms with Crippen molar-refractivity contribution in [2.75, 3.05) is 5.32 Å². The number of fused-ring (bicyclic) bond motifs is 1. The van der Waals surface area contributed by atoms with E-state index in [2.05, 4.69) is 25.4 Å². The number of halogens is 1. The molecule has 9 heteroatoms. The molecule has 0 bridgehead atoms. The molecule has 0 unspecified atom stereocenters. The van der Waals surface area contributed by atoms with Crippen LogP contribution in [0.3, 0.4) is 0 Å². The molecule has 0 spiro atoms. The van der Waals surface area contributed by atoms with Crippen molar-refractivity contribution in [2.24, 2.45) is 0 Å². The van der Waals surface area contributed by atoms with Crippen molar-refractivity contribution in [3.8, 4) is 23.0 Å². The van der Waals surface area contributed by atoms with Crippen LogP contribution in [0.4, 0.5) is 10.1 Å². The maximum atomic E-state index is 13.3. The first-order chi connectivity index (χ1) is 16.1. The Morgan fingerprint density at radius 2 is 1.76 bits per heavy atom. The molecule has 3 heterocycles. The molecule has 1 N–H and O–H groups in total. The first-order valence-corrected chi connectivity index (χ1v) is 9.96. The summed E-state index contributed by atoms with van der Waals surface area (Å²) in [6, 6.07) is 16.2. The van der Waals surface area contributed by atoms with Crippen molar-refractivity contribution in [3.63, 3.8) is 0 Å². The summed E-state index contributed by atoms with van der Waals surface area (Å²) in [6.45, 7) is 1.74. The lowest BCUT2D eigenvalue weighted by molar-refractivity contribution is 0.102. The van der Waals surface area contributed by atoms with Crippen molar-refractivity contribution in [1.29, 1.82) is 0 Å². The van der Waals surface area contributed by atoms with Gasteiger partial charge in [-0.25, -0.2) is 19.3 Å². The van der Waals surface area contributed by atoms with Crippen molar-refractivity contribution in [3.05, 3.63) is 90.1 Å². The third-order valence-electron chi connectivity index (χ3n) is 4.87. The summed E-state index contributed by atoms with van der Waals surface area (Å²) < 4.78 is 24.2. The third-order valence-corrected chi connectivity index (χ3v) is 4.87. The lowest BCUT2D eigenvalue weighted by Crippen LogP contribution is -2.13. The van der Waals surface area contributed by atoms with Crippen LogP contribution in [0.2, 0.25) is 0 Å². The summed E-state index contributed by atoms with van der Waals surface area (Å²) in [4.78, 5) is 25.6. The molecule has 1 amide bonds. The van der Waals surface area contributed by atoms with Crippen LogP contribution < -0.4 is 10.1 Å². The molecule has 2 aromatic carbocycles. The van der Waals surface area contributed by atoms with Gasteiger partial charge in [0, 0.05) is 23.6 Å². The van der Waals surface area contributed by atoms with E-state index < -0.39 is 0 Å². The van der Waals surface area contributed by atoms with Gasteiger partial charge in [0.1, 0.15) is 11.6 Å². The molecule has 0 aliphatic carbocycles. The average Bonchev–Trinajstić information content (AvgIpc) is 3.21. The molecule has 5 rings (SSSR count). The van der Waals surface area contributed by atoms with E-state index in [0.717, 1.165) is 0 Å². The minimum absolute atomic E-state index is 0.227. The zero-order chi connectivity index (χ0) is 22.8. The van der Waals surface area contributed by atoms with Gasteiger partial charge in [-0.15, -0.1) is 0 Å². The number of amides is 1. The summed E-state index contributed by atoms with van der Waals surface area (Å²) in [5.41, 5.74) is 2.78. The Kier molecular flexibility index (Phi) is 5.19. The molecule has 0 saturated carbocycles. The smallest absolute Gasteiger partial charge is 0.321 e. The lowest BCUT2D eigenvalue weighted by atomic mass is 10.0. The highest BCUT2D eigenvalue weighted by atomic mass is 19.1. The number of hydrogen-bond donors (Lipinski definition) is 1. The summed E-state index contributed by atoms with van der Waals surface area (Å²) in [7, 11) is 0. The van der Waals surface area contributed by atoms with Gasteiger partial charge in [0.05, 0.1) is 22.3 Å². The number of nitrogens with zero attached hydrogens (tertiary/aromatic N) is 4. The molecule has 0 fully saturated rings. The van der Waals surface area contributed by atoms with Gasteiger partial charge in [0.15, 0.2) is 0 Å². The molecule has 0 aliphatic rings. The molecular weight excluding hydrogens is 425 g/mol. The number of aryl methyl sites for hydroxylation is 1. The standard InChI is InChI=1S/C24H16FN5O3/c1-14-21-19(13-20(29-23(21)33-30-14)15-3-5-16(25)6-4-15)22(31)28-17-7-9-18(10-8-17)32-24-26-11-2-12-27-24/h2-13H,1H3,(H,28,31). The Labute approximate surface area is 187 Å². The van der Waals surface area contributed by atoms with Crippen LogP contribution >= 0.6 is 0 Å². The molecule has 33 heavy (non-hydrogen) atoms. The van der Waals surface area contributed by atoms with Gasteiger partial charge in [0.25, 0.3) is 11.6 Å². The number of carbonyl (C=O) groups excluding carboxylic acids is 1. The Balaban J connectivity index is 1.43. The van der Waals surface area contributed by atoms with Crippen molar-refractivity contribution in [2.45, 2.75) is 6.92 Å². The first kappa shape index (κ1) is 20.3. The largest absolute Gasteiger partial charge is 0.424 e. The van der Waals surface area contributed by atoms with Gasteiger partial charge in [0.2, 0.25) is 0 Å². The third kappa shape index (κ3) is 4.24. The molecular formula is C24H16FN5O3. The fourth-order valence-corrected chi connectivity index (χ4v) is 3.29. The van der Waals surface area contributed by atoms with E-state index in [1.54, 1.807) is 67.8 Å². The van der Waals surface area contributed by atoms with E-state index in [0.29, 0.717) is 39.3 Å². The number of hydrogen-bond acceptors (Lipinski definition) is 7. The van der Waals surface area contributed by atoms with Gasteiger partial charge in [-0.1, -0.05) is 5.16 Å². The number of ether oxygens (including phenoxy) is 1. The average molecular weight is 441 g/mol. The van der Waals surface area contributed by atoms with E-state index in [9.17, 15) is 9.18 Å². The van der Waals surface area contributed by atoms with Gasteiger partial charge >= 0.3 is 6.01 Å². The molecule has 5 aromatic rings. The zero-order valence-corrected chi connectivity index (χ0v) is 17.3. The predicted octanol–water partition coefficient (Wildman–Crippen LogP) is 5.17. The predicted molar refractivity (Wildman–Crippen MR) is 118 cm³/mol. The van der Waals surface area contributed by atoms with Gasteiger partial charge < -0.3 is 14.6 Å². The molecule has 162 valence electrons. The number of pyridine rings is 1. The van der Waals surface area contributed by atoms with Crippen molar-refractivity contribution < 1.29 is 18.4 Å². The lowest BCUT2D eigenvalue weighted by Gasteiger charge is -2.09. The number of rotatable bonds is 5. The van der Waals surface area contributed by atoms with Crippen molar-refractivity contribution in [1.82, 2.24) is 20.1 Å². The van der Waals surface area contributed by atoms with Gasteiger partial charge in [-0.05, 0) is 67.6 Å². The van der Waals surface area contributed by atoms with Crippen LogP contribution in [-0.4, -0.2) is 26.0 Å². The van der Waals surface area contributed by atoms with Crippen LogP contribution in [0.25, 0.3) is 22.4 Å². The van der Waals surface area contributed by atoms with Crippen LogP contribution in [0.15, 0.2) is 77.6 Å². The van der Waals surface area contributed by atoms with Crippen LogP contribution in [0, 0.1) is 12.7 Å². The minimum Gasteiger partial charge on any atom is -0.424 e. The summed E-state index contributed by atoms with van der Waals surface area (Å²) in [6.07, 6.45) is 3.17. The number of benzene rings is 2. The molecule has 0 aliphatic heterocycles. The minimum atomic E-state index is -0.364. The Bertz CT molecular complexity index is 1440. The SMILES string of the molecule is Cc1noc2nc(-c3ccc(F)cc3)cc(C(=O)Nc3ccc(Oc4ncccn4)cc3)c12. The molecule has 3 aromatic heterocycles. The van der Waals surface area contributed by atoms with Crippen LogP contribution in [0.5, 0.6) is 11.8 Å². The molecule has 0 atom stereocenters. The van der Waals surface area contributed by atoms with E-state index in [-0.39, 0.29) is 23.4 Å². The number of anilines is 1. The number of nitrogens with one attached hydrogen (secondary N) is 1. The highest BCUT2D eigenvalue weighted by Gasteiger charge is 2.19. The number of aromatic nitrogens is 4. The van der Waals surface area contributed by atoms with E-state index in [1.807, 2.05) is 0 Å². The Hall–Kier alpha value is -4.66. The van der Waals surface area contributed by atoms with Gasteiger partial charge in [-0.2, -0.15) is 0 Å². The molecule has 0 saturated heterocycles. The van der Waals surface area contributed by atoms with E-state index in [4.69, 9.17) is 9.26 Å². The van der Waals surface area contributed by atoms with Gasteiger partial charge in [-0.3, -0.25) is 4.79 Å². The van der Waals surface area contributed by atoms with Crippen LogP contribution in [0.1, 0.15) is 16.1 Å². The van der Waals surface area contributed by atoms with Crippen molar-refractivity contribution >= 4 is 22.7 Å². The maximum absolute atomic E-state index is 13.3. The van der Waals surface area contributed by atoms with Crippen LogP contribution in [-0.2, 0) is 0 Å². The fraction of sp³-hybridized carbons (Fsp3) is 0.0417. The maximum Gasteiger partial charge on any atom is 0.321 e. The second-order valence-electron chi connectivity index (χ2n) is 7.12. The highest BCUT2D eigenvalue weighted by molar-refractivity contribution is 6.13. The second-order valence-corrected chi connectivity index (χ2v) is 7.12. The fourth-order valence-electron chi connectivity index (χ4n) is 3.29. The van der Waals surface area contributed by atoms with E-state index >= 15 is 0 Å². The highest BCUT2D eigenvalue weighted by Crippen LogP contribution is 2.28. The quantitative estimate of drug-likeness (QED) is 0.401. The number of carbonyl (C=O) groups is 1.